The van der Waals surface area contributed by atoms with E-state index in [0.29, 0.717) is 29.9 Å². The van der Waals surface area contributed by atoms with E-state index in [-0.39, 0.29) is 23.3 Å². The number of imide groups is 1. The molecule has 0 spiro atoms. The molecule has 1 fully saturated rings. The van der Waals surface area contributed by atoms with E-state index in [9.17, 15) is 14.4 Å². The van der Waals surface area contributed by atoms with Gasteiger partial charge in [0.1, 0.15) is 0 Å². The average Bonchev–Trinajstić information content (AvgIpc) is 3.11. The molecule has 178 valence electrons. The zero-order valence-electron chi connectivity index (χ0n) is 20.6. The van der Waals surface area contributed by atoms with Crippen LogP contribution < -0.4 is 9.80 Å². The molecular weight excluding hydrogens is 438 g/mol. The summed E-state index contributed by atoms with van der Waals surface area (Å²) in [7, 11) is 0. The number of carbonyl (C=O) groups is 3. The van der Waals surface area contributed by atoms with Gasteiger partial charge < -0.3 is 9.80 Å². The normalized spacial score (nSPS) is 15.6. The Kier molecular flexibility index (Phi) is 5.67. The van der Waals surface area contributed by atoms with E-state index < -0.39 is 0 Å². The summed E-state index contributed by atoms with van der Waals surface area (Å²) < 4.78 is 0. The summed E-state index contributed by atoms with van der Waals surface area (Å²) in [5.41, 5.74) is 7.21. The molecule has 3 aromatic rings. The van der Waals surface area contributed by atoms with Crippen LogP contribution in [0.4, 0.5) is 11.4 Å². The minimum Gasteiger partial charge on any atom is -0.368 e. The number of hydrogen-bond donors (Lipinski definition) is 0. The van der Waals surface area contributed by atoms with E-state index in [4.69, 9.17) is 0 Å². The van der Waals surface area contributed by atoms with Gasteiger partial charge in [-0.25, -0.2) is 4.90 Å². The number of piperazine rings is 1. The fraction of sp³-hybridized carbons (Fsp3) is 0.276. The Hall–Kier alpha value is -3.93. The Bertz CT molecular complexity index is 1370. The summed E-state index contributed by atoms with van der Waals surface area (Å²) in [6, 6.07) is 16.9. The maximum Gasteiger partial charge on any atom is 0.266 e. The molecule has 6 nitrogen and oxygen atoms in total. The van der Waals surface area contributed by atoms with E-state index in [2.05, 4.69) is 36.9 Å². The van der Waals surface area contributed by atoms with Crippen LogP contribution >= 0.6 is 0 Å². The summed E-state index contributed by atoms with van der Waals surface area (Å²) in [6.07, 6.45) is 0. The predicted octanol–water partition coefficient (Wildman–Crippen LogP) is 4.68. The molecule has 0 N–H and O–H groups in total. The highest BCUT2D eigenvalue weighted by Gasteiger charge is 2.38. The molecule has 5 rings (SSSR count). The third-order valence-electron chi connectivity index (χ3n) is 7.22. The van der Waals surface area contributed by atoms with E-state index in [1.165, 1.54) is 21.7 Å². The van der Waals surface area contributed by atoms with Crippen molar-refractivity contribution in [3.63, 3.8) is 0 Å². The van der Waals surface area contributed by atoms with Crippen molar-refractivity contribution in [1.29, 1.82) is 0 Å². The predicted molar refractivity (Wildman–Crippen MR) is 138 cm³/mol. The van der Waals surface area contributed by atoms with Gasteiger partial charge in [0.25, 0.3) is 17.7 Å². The van der Waals surface area contributed by atoms with Gasteiger partial charge in [0.05, 0.1) is 16.8 Å². The maximum atomic E-state index is 13.3. The molecule has 0 bridgehead atoms. The smallest absolute Gasteiger partial charge is 0.266 e. The number of nitrogens with zero attached hydrogens (tertiary/aromatic N) is 3. The molecule has 0 saturated carbocycles. The molecule has 0 unspecified atom stereocenters. The van der Waals surface area contributed by atoms with Gasteiger partial charge in [0.2, 0.25) is 0 Å². The third kappa shape index (κ3) is 3.89. The largest absolute Gasteiger partial charge is 0.368 e. The van der Waals surface area contributed by atoms with Crippen LogP contribution in [-0.2, 0) is 0 Å². The van der Waals surface area contributed by atoms with Crippen LogP contribution in [0.3, 0.4) is 0 Å². The number of anilines is 2. The molecule has 35 heavy (non-hydrogen) atoms. The summed E-state index contributed by atoms with van der Waals surface area (Å²) in [4.78, 5) is 45.0. The van der Waals surface area contributed by atoms with Gasteiger partial charge in [0.15, 0.2) is 0 Å². The van der Waals surface area contributed by atoms with Crippen molar-refractivity contribution in [2.45, 2.75) is 27.7 Å². The second-order valence-corrected chi connectivity index (χ2v) is 9.49. The molecule has 2 aliphatic heterocycles. The monoisotopic (exact) mass is 467 g/mol. The minimum absolute atomic E-state index is 0.112. The summed E-state index contributed by atoms with van der Waals surface area (Å²) in [5, 5.41) is 0. The van der Waals surface area contributed by atoms with Crippen molar-refractivity contribution in [3.8, 4) is 0 Å². The minimum atomic E-state index is -0.381. The first-order valence-electron chi connectivity index (χ1n) is 12.0. The second kappa shape index (κ2) is 8.69. The van der Waals surface area contributed by atoms with Gasteiger partial charge in [-0.05, 0) is 80.3 Å². The first-order valence-corrected chi connectivity index (χ1v) is 12.0. The lowest BCUT2D eigenvalue weighted by Gasteiger charge is -2.37. The number of fused-ring (bicyclic) bond motifs is 1. The Labute approximate surface area is 205 Å². The molecule has 0 aliphatic carbocycles. The van der Waals surface area contributed by atoms with Crippen molar-refractivity contribution < 1.29 is 14.4 Å². The van der Waals surface area contributed by atoms with Gasteiger partial charge in [-0.3, -0.25) is 14.4 Å². The van der Waals surface area contributed by atoms with Gasteiger partial charge in [0, 0.05) is 37.4 Å². The summed E-state index contributed by atoms with van der Waals surface area (Å²) >= 11 is 0. The first kappa shape index (κ1) is 22.8. The molecular formula is C29H29N3O3. The Morgan fingerprint density at radius 3 is 2.17 bits per heavy atom. The van der Waals surface area contributed by atoms with Crippen LogP contribution in [0, 0.1) is 27.7 Å². The zero-order valence-corrected chi connectivity index (χ0v) is 20.6. The Morgan fingerprint density at radius 2 is 1.43 bits per heavy atom. The average molecular weight is 468 g/mol. The fourth-order valence-corrected chi connectivity index (χ4v) is 4.96. The molecule has 0 aromatic heterocycles. The van der Waals surface area contributed by atoms with Gasteiger partial charge in [-0.15, -0.1) is 0 Å². The quantitative estimate of drug-likeness (QED) is 0.525. The van der Waals surface area contributed by atoms with Crippen molar-refractivity contribution in [1.82, 2.24) is 4.90 Å². The maximum absolute atomic E-state index is 13.3. The first-order chi connectivity index (χ1) is 16.8. The van der Waals surface area contributed by atoms with E-state index in [1.807, 2.05) is 36.9 Å². The van der Waals surface area contributed by atoms with Crippen molar-refractivity contribution in [2.24, 2.45) is 0 Å². The highest BCUT2D eigenvalue weighted by molar-refractivity contribution is 6.35. The number of carbonyl (C=O) groups excluding carboxylic acids is 3. The molecule has 6 heteroatoms. The molecule has 2 heterocycles. The van der Waals surface area contributed by atoms with Gasteiger partial charge >= 0.3 is 0 Å². The highest BCUT2D eigenvalue weighted by Crippen LogP contribution is 2.32. The zero-order chi connectivity index (χ0) is 24.9. The lowest BCUT2D eigenvalue weighted by Crippen LogP contribution is -2.49. The Balaban J connectivity index is 1.34. The lowest BCUT2D eigenvalue weighted by molar-refractivity contribution is 0.0746. The molecule has 3 aromatic carbocycles. The number of rotatable bonds is 3. The van der Waals surface area contributed by atoms with Crippen molar-refractivity contribution in [2.75, 3.05) is 36.0 Å². The van der Waals surface area contributed by atoms with Gasteiger partial charge in [-0.1, -0.05) is 24.3 Å². The topological polar surface area (TPSA) is 60.9 Å². The molecule has 0 atom stereocenters. The van der Waals surface area contributed by atoms with Crippen molar-refractivity contribution in [3.05, 3.63) is 93.5 Å². The number of amides is 3. The standard InChI is InChI=1S/C29H29N3O3/c1-18-8-9-20(3)26(16-18)32-28(34)23-11-10-22(17-24(23)29(32)35)27(33)31-14-12-30(13-15-31)25-7-5-6-19(2)21(25)4/h5-11,16-17H,12-15H2,1-4H3. The SMILES string of the molecule is Cc1ccc(C)c(N2C(=O)c3ccc(C(=O)N4CCN(c5cccc(C)c5C)CC4)cc3C2=O)c1. The lowest BCUT2D eigenvalue weighted by atomic mass is 10.0. The summed E-state index contributed by atoms with van der Waals surface area (Å²) in [5.74, 6) is -0.841. The van der Waals surface area contributed by atoms with Crippen LogP contribution in [0.1, 0.15) is 53.3 Å². The summed E-state index contributed by atoms with van der Waals surface area (Å²) in [6.45, 7) is 10.8. The number of hydrogen-bond acceptors (Lipinski definition) is 4. The fourth-order valence-electron chi connectivity index (χ4n) is 4.96. The van der Waals surface area contributed by atoms with Gasteiger partial charge in [-0.2, -0.15) is 0 Å². The molecule has 2 aliphatic rings. The van der Waals surface area contributed by atoms with Crippen LogP contribution in [-0.4, -0.2) is 48.8 Å². The van der Waals surface area contributed by atoms with Crippen LogP contribution in [0.15, 0.2) is 54.6 Å². The van der Waals surface area contributed by atoms with Crippen LogP contribution in [0.25, 0.3) is 0 Å². The number of aryl methyl sites for hydroxylation is 3. The third-order valence-corrected chi connectivity index (χ3v) is 7.22. The molecule has 0 radical (unpaired) electrons. The molecule has 3 amide bonds. The number of benzene rings is 3. The Morgan fingerprint density at radius 1 is 0.714 bits per heavy atom. The van der Waals surface area contributed by atoms with E-state index >= 15 is 0 Å². The van der Waals surface area contributed by atoms with Crippen LogP contribution in [0.2, 0.25) is 0 Å². The van der Waals surface area contributed by atoms with E-state index in [0.717, 1.165) is 24.2 Å². The molecule has 1 saturated heterocycles. The highest BCUT2D eigenvalue weighted by atomic mass is 16.2. The van der Waals surface area contributed by atoms with Crippen LogP contribution in [0.5, 0.6) is 0 Å². The van der Waals surface area contributed by atoms with E-state index in [1.54, 1.807) is 18.2 Å². The van der Waals surface area contributed by atoms with Crippen molar-refractivity contribution >= 4 is 29.1 Å². The second-order valence-electron chi connectivity index (χ2n) is 9.49.